The van der Waals surface area contributed by atoms with Gasteiger partial charge in [0.15, 0.2) is 11.6 Å². The van der Waals surface area contributed by atoms with Crippen molar-refractivity contribution in [2.75, 3.05) is 13.7 Å². The van der Waals surface area contributed by atoms with Crippen molar-refractivity contribution in [3.63, 3.8) is 0 Å². The lowest BCUT2D eigenvalue weighted by Crippen LogP contribution is -2.36. The van der Waals surface area contributed by atoms with Gasteiger partial charge in [0.1, 0.15) is 0 Å². The lowest BCUT2D eigenvalue weighted by Gasteiger charge is -2.25. The predicted octanol–water partition coefficient (Wildman–Crippen LogP) is 2.49. The van der Waals surface area contributed by atoms with Crippen LogP contribution in [0.3, 0.4) is 0 Å². The Balaban J connectivity index is 2.19. The van der Waals surface area contributed by atoms with E-state index in [9.17, 15) is 12.8 Å². The van der Waals surface area contributed by atoms with E-state index >= 15 is 0 Å². The van der Waals surface area contributed by atoms with E-state index in [1.807, 2.05) is 26.0 Å². The molecule has 1 aromatic heterocycles. The summed E-state index contributed by atoms with van der Waals surface area (Å²) in [6.45, 7) is 4.05. The molecule has 0 aliphatic carbocycles. The third-order valence-electron chi connectivity index (χ3n) is 3.60. The summed E-state index contributed by atoms with van der Waals surface area (Å²) in [6, 6.07) is 7.13. The van der Waals surface area contributed by atoms with Crippen molar-refractivity contribution in [1.82, 2.24) is 9.71 Å². The number of hydrogen-bond donors (Lipinski definition) is 1. The van der Waals surface area contributed by atoms with Crippen LogP contribution in [0.4, 0.5) is 4.39 Å². The summed E-state index contributed by atoms with van der Waals surface area (Å²) in [6.07, 6.45) is 3.33. The van der Waals surface area contributed by atoms with Crippen molar-refractivity contribution in [3.05, 3.63) is 54.1 Å². The van der Waals surface area contributed by atoms with Crippen LogP contribution in [-0.2, 0) is 15.4 Å². The van der Waals surface area contributed by atoms with Crippen LogP contribution in [-0.4, -0.2) is 27.1 Å². The number of hydrogen-bond acceptors (Lipinski definition) is 4. The maximum atomic E-state index is 13.4. The zero-order valence-electron chi connectivity index (χ0n) is 13.2. The Bertz CT molecular complexity index is 777. The maximum Gasteiger partial charge on any atom is 0.240 e. The van der Waals surface area contributed by atoms with Crippen molar-refractivity contribution in [3.8, 4) is 5.75 Å². The van der Waals surface area contributed by atoms with Gasteiger partial charge in [-0.3, -0.25) is 4.98 Å². The molecule has 0 amide bonds. The second-order valence-electron chi connectivity index (χ2n) is 5.74. The van der Waals surface area contributed by atoms with Crippen LogP contribution in [0, 0.1) is 5.82 Å². The van der Waals surface area contributed by atoms with E-state index in [4.69, 9.17) is 4.74 Å². The van der Waals surface area contributed by atoms with Gasteiger partial charge in [0.2, 0.25) is 10.0 Å². The minimum Gasteiger partial charge on any atom is -0.494 e. The number of sulfonamides is 1. The molecule has 0 aliphatic heterocycles. The fourth-order valence-corrected chi connectivity index (χ4v) is 3.30. The normalized spacial score (nSPS) is 12.2. The molecule has 0 fully saturated rings. The highest BCUT2D eigenvalue weighted by molar-refractivity contribution is 7.89. The number of halogens is 1. The maximum absolute atomic E-state index is 13.4. The summed E-state index contributed by atoms with van der Waals surface area (Å²) in [5.41, 5.74) is 0.548. The van der Waals surface area contributed by atoms with Gasteiger partial charge in [0.05, 0.1) is 12.0 Å². The molecular weight excluding hydrogens is 319 g/mol. The number of benzene rings is 1. The molecule has 1 N–H and O–H groups in total. The van der Waals surface area contributed by atoms with Gasteiger partial charge in [0, 0.05) is 30.4 Å². The molecule has 124 valence electrons. The van der Waals surface area contributed by atoms with Crippen molar-refractivity contribution in [2.45, 2.75) is 24.2 Å². The van der Waals surface area contributed by atoms with Gasteiger partial charge in [-0.05, 0) is 29.8 Å². The number of rotatable bonds is 6. The summed E-state index contributed by atoms with van der Waals surface area (Å²) in [7, 11) is -2.48. The van der Waals surface area contributed by atoms with Gasteiger partial charge in [-0.1, -0.05) is 13.8 Å². The average molecular weight is 338 g/mol. The fourth-order valence-electron chi connectivity index (χ4n) is 2.07. The smallest absolute Gasteiger partial charge is 0.240 e. The molecule has 1 aromatic carbocycles. The van der Waals surface area contributed by atoms with Crippen LogP contribution in [0.15, 0.2) is 47.6 Å². The highest BCUT2D eigenvalue weighted by atomic mass is 32.2. The Labute approximate surface area is 135 Å². The number of methoxy groups -OCH3 is 1. The lowest BCUT2D eigenvalue weighted by atomic mass is 9.86. The van der Waals surface area contributed by atoms with Crippen molar-refractivity contribution in [1.29, 1.82) is 0 Å². The second-order valence-corrected chi connectivity index (χ2v) is 7.51. The molecular formula is C16H19FN2O3S. The predicted molar refractivity (Wildman–Crippen MR) is 85.4 cm³/mol. The lowest BCUT2D eigenvalue weighted by molar-refractivity contribution is 0.385. The van der Waals surface area contributed by atoms with E-state index in [1.54, 1.807) is 12.4 Å². The van der Waals surface area contributed by atoms with Crippen LogP contribution in [0.5, 0.6) is 5.75 Å². The highest BCUT2D eigenvalue weighted by Crippen LogP contribution is 2.24. The Morgan fingerprint density at radius 3 is 2.48 bits per heavy atom. The second kappa shape index (κ2) is 6.64. The molecule has 0 atom stereocenters. The van der Waals surface area contributed by atoms with E-state index in [0.717, 1.165) is 17.7 Å². The molecule has 1 heterocycles. The van der Waals surface area contributed by atoms with E-state index in [2.05, 4.69) is 9.71 Å². The summed E-state index contributed by atoms with van der Waals surface area (Å²) >= 11 is 0. The summed E-state index contributed by atoms with van der Waals surface area (Å²) in [5, 5.41) is 0. The molecule has 0 bridgehead atoms. The van der Waals surface area contributed by atoms with E-state index < -0.39 is 21.3 Å². The minimum absolute atomic E-state index is 0.0405. The van der Waals surface area contributed by atoms with Gasteiger partial charge >= 0.3 is 0 Å². The zero-order valence-corrected chi connectivity index (χ0v) is 14.0. The van der Waals surface area contributed by atoms with Gasteiger partial charge in [-0.15, -0.1) is 0 Å². The third kappa shape index (κ3) is 4.05. The van der Waals surface area contributed by atoms with Crippen LogP contribution < -0.4 is 9.46 Å². The van der Waals surface area contributed by atoms with Crippen molar-refractivity contribution < 1.29 is 17.5 Å². The first-order chi connectivity index (χ1) is 10.8. The average Bonchev–Trinajstić information content (AvgIpc) is 2.54. The quantitative estimate of drug-likeness (QED) is 0.879. The standard InChI is InChI=1S/C16H19FN2O3S/c1-16(2,12-6-8-18-9-7-12)11-19-23(20,21)13-4-5-14(17)15(10-13)22-3/h4-10,19H,11H2,1-3H3. The van der Waals surface area contributed by atoms with Crippen LogP contribution in [0.1, 0.15) is 19.4 Å². The molecule has 0 radical (unpaired) electrons. The number of nitrogens with one attached hydrogen (secondary N) is 1. The Hall–Kier alpha value is -1.99. The molecule has 0 saturated carbocycles. The fraction of sp³-hybridized carbons (Fsp3) is 0.312. The van der Waals surface area contributed by atoms with Crippen LogP contribution in [0.2, 0.25) is 0 Å². The number of aromatic nitrogens is 1. The molecule has 0 unspecified atom stereocenters. The third-order valence-corrected chi connectivity index (χ3v) is 5.00. The molecule has 0 saturated heterocycles. The molecule has 0 aliphatic rings. The molecule has 2 aromatic rings. The minimum atomic E-state index is -3.76. The van der Waals surface area contributed by atoms with Crippen LogP contribution in [0.25, 0.3) is 0 Å². The Morgan fingerprint density at radius 2 is 1.87 bits per heavy atom. The largest absolute Gasteiger partial charge is 0.494 e. The molecule has 23 heavy (non-hydrogen) atoms. The van der Waals surface area contributed by atoms with Crippen LogP contribution >= 0.6 is 0 Å². The van der Waals surface area contributed by atoms with Crippen molar-refractivity contribution >= 4 is 10.0 Å². The van der Waals surface area contributed by atoms with E-state index in [-0.39, 0.29) is 17.2 Å². The summed E-state index contributed by atoms with van der Waals surface area (Å²) in [5.74, 6) is -0.718. The number of nitrogens with zero attached hydrogens (tertiary/aromatic N) is 1. The molecule has 0 spiro atoms. The zero-order chi connectivity index (χ0) is 17.1. The first kappa shape index (κ1) is 17.4. The summed E-state index contributed by atoms with van der Waals surface area (Å²) in [4.78, 5) is 3.91. The number of pyridine rings is 1. The first-order valence-corrected chi connectivity index (χ1v) is 8.48. The SMILES string of the molecule is COc1cc(S(=O)(=O)NCC(C)(C)c2ccncc2)ccc1F. The van der Waals surface area contributed by atoms with E-state index in [1.165, 1.54) is 13.2 Å². The number of ether oxygens (including phenoxy) is 1. The Morgan fingerprint density at radius 1 is 1.22 bits per heavy atom. The van der Waals surface area contributed by atoms with Gasteiger partial charge in [0.25, 0.3) is 0 Å². The van der Waals surface area contributed by atoms with Crippen molar-refractivity contribution in [2.24, 2.45) is 0 Å². The summed E-state index contributed by atoms with van der Waals surface area (Å²) < 4.78 is 45.6. The first-order valence-electron chi connectivity index (χ1n) is 7.00. The van der Waals surface area contributed by atoms with E-state index in [0.29, 0.717) is 0 Å². The molecule has 7 heteroatoms. The van der Waals surface area contributed by atoms with Gasteiger partial charge in [-0.2, -0.15) is 0 Å². The Kier molecular flexibility index (Phi) is 5.01. The monoisotopic (exact) mass is 338 g/mol. The van der Waals surface area contributed by atoms with Gasteiger partial charge < -0.3 is 4.74 Å². The topological polar surface area (TPSA) is 68.3 Å². The van der Waals surface area contributed by atoms with Gasteiger partial charge in [-0.25, -0.2) is 17.5 Å². The molecule has 5 nitrogen and oxygen atoms in total. The molecule has 2 rings (SSSR count). The highest BCUT2D eigenvalue weighted by Gasteiger charge is 2.24.